The van der Waals surface area contributed by atoms with Gasteiger partial charge in [-0.05, 0) is 85.5 Å². The zero-order valence-electron chi connectivity index (χ0n) is 29.0. The van der Waals surface area contributed by atoms with E-state index in [1.54, 1.807) is 29.2 Å². The van der Waals surface area contributed by atoms with Crippen molar-refractivity contribution in [2.24, 2.45) is 4.99 Å². The summed E-state index contributed by atoms with van der Waals surface area (Å²) in [6.45, 7) is -1.84. The molecule has 1 saturated carbocycles. The van der Waals surface area contributed by atoms with Crippen LogP contribution in [0.25, 0.3) is 0 Å². The number of aliphatic imine (C=N–C) groups is 1. The molecule has 1 aliphatic carbocycles. The van der Waals surface area contributed by atoms with Gasteiger partial charge in [0.15, 0.2) is 6.61 Å². The number of anilines is 5. The minimum absolute atomic E-state index is 0.0152. The van der Waals surface area contributed by atoms with Crippen LogP contribution in [0.4, 0.5) is 42.1 Å². The maximum Gasteiger partial charge on any atom is 0.422 e. The number of carbonyl (C=O) groups excluding carboxylic acids is 4. The van der Waals surface area contributed by atoms with Crippen LogP contribution in [0.15, 0.2) is 77.8 Å². The fourth-order valence-corrected chi connectivity index (χ4v) is 5.65. The highest BCUT2D eigenvalue weighted by atomic mass is 35.5. The number of aromatic nitrogens is 3. The molecule has 0 atom stereocenters. The number of carboxylic acid groups (broad SMARTS) is 1. The zero-order chi connectivity index (χ0) is 40.0. The number of nitrogens with zero attached hydrogens (tertiary/aromatic N) is 5. The molecule has 2 fully saturated rings. The molecular weight excluding hydrogens is 763 g/mol. The average molecular weight is 794 g/mol. The van der Waals surface area contributed by atoms with Crippen LogP contribution in [0.2, 0.25) is 5.02 Å². The highest BCUT2D eigenvalue weighted by Crippen LogP contribution is 2.48. The first-order chi connectivity index (χ1) is 26.7. The van der Waals surface area contributed by atoms with Gasteiger partial charge in [0, 0.05) is 40.6 Å². The van der Waals surface area contributed by atoms with Crippen molar-refractivity contribution in [1.82, 2.24) is 20.3 Å². The third-order valence-electron chi connectivity index (χ3n) is 8.48. The van der Waals surface area contributed by atoms with Crippen molar-refractivity contribution in [1.29, 1.82) is 0 Å². The zero-order valence-corrected chi connectivity index (χ0v) is 29.8. The normalized spacial score (nSPS) is 14.8. The van der Waals surface area contributed by atoms with E-state index < -0.39 is 60.3 Å². The maximum absolute atomic E-state index is 12.9. The summed E-state index contributed by atoms with van der Waals surface area (Å²) in [7, 11) is 0. The Kier molecular flexibility index (Phi) is 11.4. The van der Waals surface area contributed by atoms with Gasteiger partial charge in [-0.15, -0.1) is 0 Å². The van der Waals surface area contributed by atoms with Gasteiger partial charge in [-0.2, -0.15) is 28.1 Å². The lowest BCUT2D eigenvalue weighted by Crippen LogP contribution is -2.40. The Morgan fingerprint density at radius 2 is 1.55 bits per heavy atom. The number of amides is 4. The molecule has 6 rings (SSSR count). The van der Waals surface area contributed by atoms with Crippen LogP contribution in [-0.4, -0.2) is 81.2 Å². The van der Waals surface area contributed by atoms with Crippen LogP contribution < -0.4 is 30.9 Å². The third kappa shape index (κ3) is 10.1. The number of carbonyl (C=O) groups is 5. The van der Waals surface area contributed by atoms with Crippen LogP contribution in [0.5, 0.6) is 6.01 Å². The minimum Gasteiger partial charge on any atom is -0.477 e. The van der Waals surface area contributed by atoms with Gasteiger partial charge in [0.2, 0.25) is 17.8 Å². The van der Waals surface area contributed by atoms with E-state index in [4.69, 9.17) is 16.3 Å². The number of hydrogen-bond acceptors (Lipinski definition) is 11. The molecular formula is C36H31ClF3N9O7. The minimum atomic E-state index is -4.66. The number of carboxylic acids is 1. The average Bonchev–Trinajstić information content (AvgIpc) is 3.81. The number of benzene rings is 3. The maximum atomic E-state index is 12.9. The van der Waals surface area contributed by atoms with Crippen LogP contribution in [0.3, 0.4) is 0 Å². The fraction of sp³-hybridized carbons (Fsp3) is 0.250. The van der Waals surface area contributed by atoms with E-state index in [0.717, 1.165) is 12.0 Å². The lowest BCUT2D eigenvalue weighted by atomic mass is 10.1. The van der Waals surface area contributed by atoms with Gasteiger partial charge in [0.1, 0.15) is 5.71 Å². The number of hydrogen-bond donors (Lipinski definition) is 5. The van der Waals surface area contributed by atoms with Crippen LogP contribution >= 0.6 is 11.6 Å². The van der Waals surface area contributed by atoms with E-state index in [0.29, 0.717) is 36.5 Å². The lowest BCUT2D eigenvalue weighted by molar-refractivity contribution is -0.154. The van der Waals surface area contributed by atoms with Crippen molar-refractivity contribution < 1.29 is 47.0 Å². The van der Waals surface area contributed by atoms with Gasteiger partial charge in [-0.3, -0.25) is 19.2 Å². The van der Waals surface area contributed by atoms with Crippen molar-refractivity contribution >= 4 is 75.9 Å². The number of ether oxygens (including phenoxy) is 1. The molecule has 2 heterocycles. The van der Waals surface area contributed by atoms with Gasteiger partial charge in [-0.1, -0.05) is 23.7 Å². The Morgan fingerprint density at radius 1 is 0.893 bits per heavy atom. The van der Waals surface area contributed by atoms with Crippen molar-refractivity contribution in [3.63, 3.8) is 0 Å². The van der Waals surface area contributed by atoms with Crippen molar-refractivity contribution in [3.8, 4) is 6.01 Å². The molecule has 1 aromatic heterocycles. The molecule has 56 heavy (non-hydrogen) atoms. The molecule has 0 radical (unpaired) electrons. The van der Waals surface area contributed by atoms with E-state index in [1.807, 2.05) is 12.1 Å². The highest BCUT2D eigenvalue weighted by Gasteiger charge is 2.45. The summed E-state index contributed by atoms with van der Waals surface area (Å²) in [5, 5.41) is 20.6. The number of halogens is 4. The van der Waals surface area contributed by atoms with Crippen LogP contribution in [-0.2, 0) is 24.7 Å². The number of alkyl halides is 3. The summed E-state index contributed by atoms with van der Waals surface area (Å²) in [6.07, 6.45) is -2.10. The molecule has 2 aliphatic rings. The Morgan fingerprint density at radius 3 is 2.16 bits per heavy atom. The Balaban J connectivity index is 1.08. The predicted molar refractivity (Wildman–Crippen MR) is 196 cm³/mol. The SMILES string of the molecule is O=C(O)C(CNC(=O)C(=O)Nc1ccc(N2CCCC2=O)cc1)=NC(=O)c1ccc(Nc2nc(NC3(c4ccc(Cl)cc4)CC3)nc(OCC(F)(F)F)n2)cc1. The molecule has 5 N–H and O–H groups in total. The van der Waals surface area contributed by atoms with Gasteiger partial charge in [0.25, 0.3) is 5.91 Å². The summed E-state index contributed by atoms with van der Waals surface area (Å²) in [6, 6.07) is 18.0. The molecule has 4 amide bonds. The molecule has 16 nitrogen and oxygen atoms in total. The molecule has 0 bridgehead atoms. The smallest absolute Gasteiger partial charge is 0.422 e. The molecule has 1 aliphatic heterocycles. The summed E-state index contributed by atoms with van der Waals surface area (Å²) >= 11 is 6.02. The fourth-order valence-electron chi connectivity index (χ4n) is 5.53. The Hall–Kier alpha value is -6.63. The Bertz CT molecular complexity index is 2180. The third-order valence-corrected chi connectivity index (χ3v) is 8.73. The van der Waals surface area contributed by atoms with E-state index in [2.05, 4.69) is 41.2 Å². The molecule has 0 spiro atoms. The summed E-state index contributed by atoms with van der Waals surface area (Å²) in [4.78, 5) is 78.9. The standard InChI is InChI=1S/C36H31ClF3N9O7/c37-22-7-5-21(6-8-22)35(15-16-35)48-33-45-32(46-34(47-33)56-19-36(38,39)40)43-24-9-3-20(4-10-24)28(51)44-26(31(54)55)18-41-29(52)30(53)42-23-11-13-25(14-12-23)49-17-1-2-27(49)50/h3-14H,1-2,15-19H2,(H,41,52)(H,42,53)(H,54,55)(H2,43,45,46,47,48). The first-order valence-electron chi connectivity index (χ1n) is 16.9. The second-order valence-electron chi connectivity index (χ2n) is 12.6. The molecule has 4 aromatic rings. The highest BCUT2D eigenvalue weighted by molar-refractivity contribution is 6.42. The summed E-state index contributed by atoms with van der Waals surface area (Å²) < 4.78 is 43.6. The van der Waals surface area contributed by atoms with E-state index in [1.165, 1.54) is 36.4 Å². The second kappa shape index (κ2) is 16.4. The number of aliphatic carboxylic acids is 1. The number of rotatable bonds is 13. The largest absolute Gasteiger partial charge is 0.477 e. The van der Waals surface area contributed by atoms with Crippen LogP contribution in [0, 0.1) is 0 Å². The van der Waals surface area contributed by atoms with Gasteiger partial charge in [-0.25, -0.2) is 9.79 Å². The van der Waals surface area contributed by atoms with Gasteiger partial charge < -0.3 is 36.0 Å². The van der Waals surface area contributed by atoms with Crippen LogP contribution in [0.1, 0.15) is 41.6 Å². The Labute approximate surface area is 320 Å². The molecule has 20 heteroatoms. The quantitative estimate of drug-likeness (QED) is 0.0906. The van der Waals surface area contributed by atoms with Crippen molar-refractivity contribution in [3.05, 3.63) is 88.9 Å². The van der Waals surface area contributed by atoms with E-state index in [9.17, 15) is 42.3 Å². The monoisotopic (exact) mass is 793 g/mol. The first-order valence-corrected chi connectivity index (χ1v) is 17.3. The molecule has 3 aromatic carbocycles. The van der Waals surface area contributed by atoms with Gasteiger partial charge in [0.05, 0.1) is 12.1 Å². The summed E-state index contributed by atoms with van der Waals surface area (Å²) in [5.41, 5.74) is 0.628. The van der Waals surface area contributed by atoms with Gasteiger partial charge >= 0.3 is 30.0 Å². The number of nitrogens with one attached hydrogen (secondary N) is 4. The summed E-state index contributed by atoms with van der Waals surface area (Å²) in [5.74, 6) is -5.19. The van der Waals surface area contributed by atoms with Crippen molar-refractivity contribution in [2.75, 3.05) is 40.5 Å². The first kappa shape index (κ1) is 39.1. The molecule has 290 valence electrons. The van der Waals surface area contributed by atoms with E-state index >= 15 is 0 Å². The lowest BCUT2D eigenvalue weighted by Gasteiger charge is -2.19. The molecule has 1 saturated heterocycles. The molecule has 0 unspecified atom stereocenters. The van der Waals surface area contributed by atoms with Crippen molar-refractivity contribution in [2.45, 2.75) is 37.4 Å². The second-order valence-corrected chi connectivity index (χ2v) is 13.0. The topological polar surface area (TPSA) is 217 Å². The van der Waals surface area contributed by atoms with E-state index in [-0.39, 0.29) is 34.7 Å². The predicted octanol–water partition coefficient (Wildman–Crippen LogP) is 4.86.